The molecule has 1 aromatic carbocycles. The molecule has 0 saturated heterocycles. The van der Waals surface area contributed by atoms with Crippen molar-refractivity contribution in [1.82, 2.24) is 20.2 Å². The monoisotopic (exact) mass is 272 g/mol. The fourth-order valence-electron chi connectivity index (χ4n) is 1.26. The van der Waals surface area contributed by atoms with Crippen LogP contribution >= 0.6 is 11.8 Å². The average molecular weight is 272 g/mol. The van der Waals surface area contributed by atoms with Gasteiger partial charge in [-0.1, -0.05) is 23.9 Å². The van der Waals surface area contributed by atoms with Gasteiger partial charge < -0.3 is 4.74 Å². The molecule has 0 aliphatic rings. The summed E-state index contributed by atoms with van der Waals surface area (Å²) in [5.74, 6) is 0.808. The second-order valence-corrected chi connectivity index (χ2v) is 4.34. The molecule has 96 valence electrons. The first-order valence-corrected chi connectivity index (χ1v) is 6.02. The minimum Gasteiger partial charge on any atom is -0.435 e. The molecule has 0 radical (unpaired) electrons. The number of thioether (sulfide) groups is 1. The first-order valence-electron chi connectivity index (χ1n) is 5.04. The normalized spacial score (nSPS) is 10.9. The highest BCUT2D eigenvalue weighted by atomic mass is 32.2. The smallest absolute Gasteiger partial charge is 0.387 e. The number of aryl methyl sites for hydroxylation is 1. The number of aromatic nitrogens is 4. The molecule has 8 heteroatoms. The Kier molecular flexibility index (Phi) is 4.08. The summed E-state index contributed by atoms with van der Waals surface area (Å²) in [5.41, 5.74) is 0.976. The van der Waals surface area contributed by atoms with E-state index in [9.17, 15) is 8.78 Å². The van der Waals surface area contributed by atoms with Gasteiger partial charge in [0.2, 0.25) is 5.16 Å². The van der Waals surface area contributed by atoms with Gasteiger partial charge in [-0.2, -0.15) is 8.78 Å². The Labute approximate surface area is 106 Å². The van der Waals surface area contributed by atoms with Gasteiger partial charge in [0.15, 0.2) is 0 Å². The van der Waals surface area contributed by atoms with Crippen LogP contribution in [0.25, 0.3) is 0 Å². The highest BCUT2D eigenvalue weighted by Crippen LogP contribution is 2.21. The highest BCUT2D eigenvalue weighted by Gasteiger charge is 2.05. The van der Waals surface area contributed by atoms with Gasteiger partial charge in [0.1, 0.15) is 5.75 Å². The molecule has 0 unspecified atom stereocenters. The van der Waals surface area contributed by atoms with E-state index in [1.807, 2.05) is 0 Å². The molecule has 0 fully saturated rings. The lowest BCUT2D eigenvalue weighted by Crippen LogP contribution is -2.01. The van der Waals surface area contributed by atoms with Crippen LogP contribution in [0.15, 0.2) is 29.4 Å². The van der Waals surface area contributed by atoms with E-state index in [4.69, 9.17) is 0 Å². The molecule has 1 aromatic heterocycles. The number of ether oxygens (including phenoxy) is 1. The Bertz CT molecular complexity index is 503. The minimum atomic E-state index is -2.80. The average Bonchev–Trinajstić information content (AvgIpc) is 2.73. The molecule has 0 N–H and O–H groups in total. The van der Waals surface area contributed by atoms with Gasteiger partial charge in [0.25, 0.3) is 0 Å². The van der Waals surface area contributed by atoms with Crippen molar-refractivity contribution >= 4 is 11.8 Å². The molecular weight excluding hydrogens is 262 g/mol. The van der Waals surface area contributed by atoms with Crippen LogP contribution in [0.5, 0.6) is 5.75 Å². The largest absolute Gasteiger partial charge is 0.435 e. The Balaban J connectivity index is 1.92. The van der Waals surface area contributed by atoms with Crippen molar-refractivity contribution in [2.24, 2.45) is 7.05 Å². The Hall–Kier alpha value is -1.70. The van der Waals surface area contributed by atoms with Gasteiger partial charge in [-0.05, 0) is 28.1 Å². The standard InChI is InChI=1S/C10H10F2N4OS/c1-16-10(13-14-15-16)18-6-7-2-4-8(5-3-7)17-9(11)12/h2-5,9H,6H2,1H3. The molecule has 18 heavy (non-hydrogen) atoms. The lowest BCUT2D eigenvalue weighted by atomic mass is 10.2. The van der Waals surface area contributed by atoms with Gasteiger partial charge in [-0.25, -0.2) is 4.68 Å². The number of benzene rings is 1. The summed E-state index contributed by atoms with van der Waals surface area (Å²) in [6.07, 6.45) is 0. The number of halogens is 2. The summed E-state index contributed by atoms with van der Waals surface area (Å²) in [5, 5.41) is 11.8. The molecule has 0 atom stereocenters. The third kappa shape index (κ3) is 3.39. The van der Waals surface area contributed by atoms with E-state index in [0.717, 1.165) is 5.56 Å². The minimum absolute atomic E-state index is 0.152. The summed E-state index contributed by atoms with van der Waals surface area (Å²) in [7, 11) is 1.75. The van der Waals surface area contributed by atoms with Crippen LogP contribution in [-0.2, 0) is 12.8 Å². The number of tetrazole rings is 1. The molecule has 2 rings (SSSR count). The van der Waals surface area contributed by atoms with Gasteiger partial charge >= 0.3 is 6.61 Å². The molecule has 0 aliphatic carbocycles. The quantitative estimate of drug-likeness (QED) is 0.780. The Morgan fingerprint density at radius 1 is 1.33 bits per heavy atom. The van der Waals surface area contributed by atoms with Crippen molar-refractivity contribution in [3.8, 4) is 5.75 Å². The number of rotatable bonds is 5. The predicted molar refractivity (Wildman–Crippen MR) is 61.4 cm³/mol. The van der Waals surface area contributed by atoms with E-state index in [2.05, 4.69) is 20.3 Å². The van der Waals surface area contributed by atoms with E-state index < -0.39 is 6.61 Å². The second-order valence-electron chi connectivity index (χ2n) is 3.40. The van der Waals surface area contributed by atoms with Crippen molar-refractivity contribution in [3.05, 3.63) is 29.8 Å². The summed E-state index contributed by atoms with van der Waals surface area (Å²) >= 11 is 1.46. The molecule has 0 amide bonds. The van der Waals surface area contributed by atoms with Crippen LogP contribution in [-0.4, -0.2) is 26.8 Å². The number of hydrogen-bond donors (Lipinski definition) is 0. The maximum absolute atomic E-state index is 11.9. The van der Waals surface area contributed by atoms with Crippen LogP contribution in [0, 0.1) is 0 Å². The molecular formula is C10H10F2N4OS. The third-order valence-electron chi connectivity index (χ3n) is 2.10. The lowest BCUT2D eigenvalue weighted by Gasteiger charge is -2.05. The molecule has 5 nitrogen and oxygen atoms in total. The lowest BCUT2D eigenvalue weighted by molar-refractivity contribution is -0.0498. The topological polar surface area (TPSA) is 52.8 Å². The van der Waals surface area contributed by atoms with Crippen molar-refractivity contribution in [2.45, 2.75) is 17.5 Å². The Morgan fingerprint density at radius 2 is 2.06 bits per heavy atom. The zero-order valence-electron chi connectivity index (χ0n) is 9.46. The van der Waals surface area contributed by atoms with Crippen LogP contribution in [0.4, 0.5) is 8.78 Å². The Morgan fingerprint density at radius 3 is 2.61 bits per heavy atom. The van der Waals surface area contributed by atoms with Gasteiger partial charge in [0, 0.05) is 12.8 Å². The van der Waals surface area contributed by atoms with Crippen molar-refractivity contribution in [2.75, 3.05) is 0 Å². The summed E-state index contributed by atoms with van der Waals surface area (Å²) in [6.45, 7) is -2.80. The number of hydrogen-bond acceptors (Lipinski definition) is 5. The van der Waals surface area contributed by atoms with Crippen molar-refractivity contribution < 1.29 is 13.5 Å². The van der Waals surface area contributed by atoms with E-state index in [1.54, 1.807) is 23.9 Å². The van der Waals surface area contributed by atoms with Gasteiger partial charge in [-0.15, -0.1) is 5.10 Å². The first-order chi connectivity index (χ1) is 8.65. The number of nitrogens with zero attached hydrogens (tertiary/aromatic N) is 4. The zero-order valence-corrected chi connectivity index (χ0v) is 10.3. The van der Waals surface area contributed by atoms with E-state index in [1.165, 1.54) is 23.9 Å². The van der Waals surface area contributed by atoms with Crippen LogP contribution < -0.4 is 4.74 Å². The zero-order chi connectivity index (χ0) is 13.0. The predicted octanol–water partition coefficient (Wildman–Crippen LogP) is 2.10. The maximum Gasteiger partial charge on any atom is 0.387 e. The van der Waals surface area contributed by atoms with E-state index >= 15 is 0 Å². The van der Waals surface area contributed by atoms with E-state index in [0.29, 0.717) is 10.9 Å². The number of alkyl halides is 2. The van der Waals surface area contributed by atoms with Gasteiger partial charge in [0.05, 0.1) is 0 Å². The van der Waals surface area contributed by atoms with Crippen LogP contribution in [0.2, 0.25) is 0 Å². The summed E-state index contributed by atoms with van der Waals surface area (Å²) < 4.78 is 29.7. The summed E-state index contributed by atoms with van der Waals surface area (Å²) in [6, 6.07) is 6.48. The van der Waals surface area contributed by atoms with Crippen LogP contribution in [0.3, 0.4) is 0 Å². The molecule has 2 aromatic rings. The van der Waals surface area contributed by atoms with Crippen molar-refractivity contribution in [3.63, 3.8) is 0 Å². The SMILES string of the molecule is Cn1nnnc1SCc1ccc(OC(F)F)cc1. The molecule has 0 saturated carbocycles. The fourth-order valence-corrected chi connectivity index (χ4v) is 2.06. The van der Waals surface area contributed by atoms with Crippen LogP contribution in [0.1, 0.15) is 5.56 Å². The fraction of sp³-hybridized carbons (Fsp3) is 0.300. The molecule has 0 spiro atoms. The first kappa shape index (κ1) is 12.7. The molecule has 0 bridgehead atoms. The second kappa shape index (κ2) is 5.76. The van der Waals surface area contributed by atoms with Gasteiger partial charge in [-0.3, -0.25) is 0 Å². The third-order valence-corrected chi connectivity index (χ3v) is 3.18. The maximum atomic E-state index is 11.9. The molecule has 1 heterocycles. The van der Waals surface area contributed by atoms with Crippen molar-refractivity contribution in [1.29, 1.82) is 0 Å². The van der Waals surface area contributed by atoms with E-state index in [-0.39, 0.29) is 5.75 Å². The highest BCUT2D eigenvalue weighted by molar-refractivity contribution is 7.98. The molecule has 0 aliphatic heterocycles. The summed E-state index contributed by atoms with van der Waals surface area (Å²) in [4.78, 5) is 0.